The molecule has 2 aromatic carbocycles. The van der Waals surface area contributed by atoms with Crippen LogP contribution in [-0.4, -0.2) is 26.8 Å². The number of aryl methyl sites for hydroxylation is 1. The summed E-state index contributed by atoms with van der Waals surface area (Å²) in [6.07, 6.45) is -4.96. The van der Waals surface area contributed by atoms with E-state index >= 15 is 0 Å². The molecule has 0 spiro atoms. The summed E-state index contributed by atoms with van der Waals surface area (Å²) in [6.45, 7) is 1.52. The fraction of sp³-hybridized carbons (Fsp3) is 0.190. The van der Waals surface area contributed by atoms with Gasteiger partial charge >= 0.3 is 12.1 Å². The second-order valence-corrected chi connectivity index (χ2v) is 6.83. The molecule has 0 aliphatic heterocycles. The molecular weight excluding hydrogens is 434 g/mol. The van der Waals surface area contributed by atoms with Crippen molar-refractivity contribution in [2.45, 2.75) is 19.1 Å². The van der Waals surface area contributed by atoms with Crippen LogP contribution in [0, 0.1) is 5.82 Å². The summed E-state index contributed by atoms with van der Waals surface area (Å²) >= 11 is 0. The number of amides is 1. The highest BCUT2D eigenvalue weighted by molar-refractivity contribution is 5.98. The molecule has 11 heteroatoms. The van der Waals surface area contributed by atoms with Crippen molar-refractivity contribution in [3.63, 3.8) is 0 Å². The Morgan fingerprint density at radius 2 is 1.81 bits per heavy atom. The average molecular weight is 451 g/mol. The van der Waals surface area contributed by atoms with Crippen molar-refractivity contribution in [1.29, 1.82) is 0 Å². The maximum absolute atomic E-state index is 13.6. The van der Waals surface area contributed by atoms with E-state index in [9.17, 15) is 27.2 Å². The molecule has 0 fully saturated rings. The van der Waals surface area contributed by atoms with E-state index in [4.69, 9.17) is 9.84 Å². The second-order valence-electron chi connectivity index (χ2n) is 6.83. The number of alkyl halides is 3. The van der Waals surface area contributed by atoms with E-state index in [1.165, 1.54) is 43.3 Å². The SMILES string of the molecule is CC(NC(=O)c1c(C(F)(F)F)nn(C)c1Oc1cccc(F)c1)c1ccc(C(=O)O)cc1. The van der Waals surface area contributed by atoms with Crippen molar-refractivity contribution >= 4 is 11.9 Å². The Hall–Kier alpha value is -3.89. The smallest absolute Gasteiger partial charge is 0.436 e. The molecule has 7 nitrogen and oxygen atoms in total. The van der Waals surface area contributed by atoms with Gasteiger partial charge in [0.05, 0.1) is 11.6 Å². The minimum Gasteiger partial charge on any atom is -0.478 e. The maximum atomic E-state index is 13.6. The predicted octanol–water partition coefficient (Wildman–Crippen LogP) is 4.56. The summed E-state index contributed by atoms with van der Waals surface area (Å²) in [5.41, 5.74) is -1.84. The van der Waals surface area contributed by atoms with Crippen molar-refractivity contribution in [3.05, 3.63) is 76.7 Å². The number of carbonyl (C=O) groups excluding carboxylic acids is 1. The Labute approximate surface area is 179 Å². The number of carbonyl (C=O) groups is 2. The van der Waals surface area contributed by atoms with Gasteiger partial charge in [0.1, 0.15) is 17.1 Å². The number of aromatic nitrogens is 2. The van der Waals surface area contributed by atoms with Crippen LogP contribution in [0.5, 0.6) is 11.6 Å². The predicted molar refractivity (Wildman–Crippen MR) is 104 cm³/mol. The van der Waals surface area contributed by atoms with E-state index < -0.39 is 47.0 Å². The highest BCUT2D eigenvalue weighted by Gasteiger charge is 2.42. The monoisotopic (exact) mass is 451 g/mol. The van der Waals surface area contributed by atoms with Crippen LogP contribution in [0.1, 0.15) is 44.9 Å². The zero-order valence-corrected chi connectivity index (χ0v) is 16.8. The van der Waals surface area contributed by atoms with Crippen LogP contribution < -0.4 is 10.1 Å². The molecule has 0 bridgehead atoms. The lowest BCUT2D eigenvalue weighted by Crippen LogP contribution is -2.28. The van der Waals surface area contributed by atoms with E-state index in [0.29, 0.717) is 5.56 Å². The number of nitrogens with zero attached hydrogens (tertiary/aromatic N) is 2. The highest BCUT2D eigenvalue weighted by atomic mass is 19.4. The topological polar surface area (TPSA) is 93.5 Å². The summed E-state index contributed by atoms with van der Waals surface area (Å²) in [5, 5.41) is 14.8. The van der Waals surface area contributed by atoms with E-state index in [1.54, 1.807) is 0 Å². The number of ether oxygens (including phenoxy) is 1. The average Bonchev–Trinajstić information content (AvgIpc) is 3.04. The molecule has 0 aliphatic carbocycles. The van der Waals surface area contributed by atoms with Gasteiger partial charge in [-0.05, 0) is 36.8 Å². The Bertz CT molecular complexity index is 1160. The van der Waals surface area contributed by atoms with Gasteiger partial charge in [0.2, 0.25) is 5.88 Å². The van der Waals surface area contributed by atoms with Gasteiger partial charge < -0.3 is 15.2 Å². The lowest BCUT2D eigenvalue weighted by atomic mass is 10.1. The number of carboxylic acid groups (broad SMARTS) is 1. The number of rotatable bonds is 6. The first-order chi connectivity index (χ1) is 15.0. The van der Waals surface area contributed by atoms with Crippen LogP contribution in [0.4, 0.5) is 17.6 Å². The van der Waals surface area contributed by atoms with Gasteiger partial charge in [-0.3, -0.25) is 4.79 Å². The zero-order valence-electron chi connectivity index (χ0n) is 16.8. The molecule has 2 N–H and O–H groups in total. The number of aromatic carboxylic acids is 1. The molecule has 32 heavy (non-hydrogen) atoms. The number of hydrogen-bond donors (Lipinski definition) is 2. The summed E-state index contributed by atoms with van der Waals surface area (Å²) in [7, 11) is 1.16. The van der Waals surface area contributed by atoms with Gasteiger partial charge in [0.15, 0.2) is 5.69 Å². The van der Waals surface area contributed by atoms with Crippen LogP contribution in [0.2, 0.25) is 0 Å². The van der Waals surface area contributed by atoms with Crippen molar-refractivity contribution in [3.8, 4) is 11.6 Å². The lowest BCUT2D eigenvalue weighted by molar-refractivity contribution is -0.141. The zero-order chi connectivity index (χ0) is 23.6. The van der Waals surface area contributed by atoms with Gasteiger partial charge in [-0.1, -0.05) is 18.2 Å². The van der Waals surface area contributed by atoms with Gasteiger partial charge in [0.25, 0.3) is 5.91 Å². The maximum Gasteiger partial charge on any atom is 0.436 e. The summed E-state index contributed by atoms with van der Waals surface area (Å²) in [6, 6.07) is 9.42. The number of hydrogen-bond acceptors (Lipinski definition) is 4. The standard InChI is InChI=1S/C21H17F4N3O4/c1-11(12-6-8-13(9-7-12)20(30)31)26-18(29)16-17(21(23,24)25)27-28(2)19(16)32-15-5-3-4-14(22)10-15/h3-11H,1-2H3,(H,26,29)(H,30,31). The fourth-order valence-electron chi connectivity index (χ4n) is 2.94. The Kier molecular flexibility index (Phi) is 6.19. The van der Waals surface area contributed by atoms with Crippen LogP contribution >= 0.6 is 0 Å². The van der Waals surface area contributed by atoms with Crippen LogP contribution in [0.15, 0.2) is 48.5 Å². The van der Waals surface area contributed by atoms with E-state index in [2.05, 4.69) is 10.4 Å². The first-order valence-corrected chi connectivity index (χ1v) is 9.19. The minimum atomic E-state index is -4.96. The van der Waals surface area contributed by atoms with Crippen molar-refractivity contribution in [2.75, 3.05) is 0 Å². The third kappa shape index (κ3) is 4.88. The molecule has 1 aromatic heterocycles. The van der Waals surface area contributed by atoms with Gasteiger partial charge in [-0.25, -0.2) is 13.9 Å². The largest absolute Gasteiger partial charge is 0.478 e. The van der Waals surface area contributed by atoms with Gasteiger partial charge in [-0.2, -0.15) is 18.3 Å². The van der Waals surface area contributed by atoms with Crippen LogP contribution in [0.3, 0.4) is 0 Å². The third-order valence-electron chi connectivity index (χ3n) is 4.51. The van der Waals surface area contributed by atoms with Crippen LogP contribution in [0.25, 0.3) is 0 Å². The fourth-order valence-corrected chi connectivity index (χ4v) is 2.94. The number of nitrogens with one attached hydrogen (secondary N) is 1. The van der Waals surface area contributed by atoms with Crippen molar-refractivity contribution in [2.24, 2.45) is 7.05 Å². The Balaban J connectivity index is 1.95. The number of carboxylic acids is 1. The Morgan fingerprint density at radius 1 is 1.16 bits per heavy atom. The van der Waals surface area contributed by atoms with E-state index in [-0.39, 0.29) is 11.3 Å². The van der Waals surface area contributed by atoms with Crippen LogP contribution in [-0.2, 0) is 13.2 Å². The highest BCUT2D eigenvalue weighted by Crippen LogP contribution is 2.37. The summed E-state index contributed by atoms with van der Waals surface area (Å²) in [5.74, 6) is -3.57. The normalized spacial score (nSPS) is 12.3. The second kappa shape index (κ2) is 8.69. The Morgan fingerprint density at radius 3 is 2.38 bits per heavy atom. The van der Waals surface area contributed by atoms with E-state index in [1.807, 2.05) is 0 Å². The molecule has 1 amide bonds. The molecule has 0 radical (unpaired) electrons. The van der Waals surface area contributed by atoms with Crippen molar-refractivity contribution < 1.29 is 37.0 Å². The molecule has 0 saturated carbocycles. The number of halogens is 4. The minimum absolute atomic E-state index is 0.0182. The van der Waals surface area contributed by atoms with Crippen molar-refractivity contribution in [1.82, 2.24) is 15.1 Å². The molecule has 1 unspecified atom stereocenters. The molecule has 168 valence electrons. The molecule has 3 rings (SSSR count). The van der Waals surface area contributed by atoms with E-state index in [0.717, 1.165) is 23.9 Å². The summed E-state index contributed by atoms with van der Waals surface area (Å²) < 4.78 is 60.3. The quantitative estimate of drug-likeness (QED) is 0.536. The lowest BCUT2D eigenvalue weighted by Gasteiger charge is -2.16. The first-order valence-electron chi connectivity index (χ1n) is 9.19. The molecule has 3 aromatic rings. The number of benzene rings is 2. The third-order valence-corrected chi connectivity index (χ3v) is 4.51. The molecular formula is C21H17F4N3O4. The molecule has 0 aliphatic rings. The molecule has 1 heterocycles. The first kappa shape index (κ1) is 22.8. The summed E-state index contributed by atoms with van der Waals surface area (Å²) in [4.78, 5) is 23.8. The van der Waals surface area contributed by atoms with Gasteiger partial charge in [0, 0.05) is 13.1 Å². The van der Waals surface area contributed by atoms with Gasteiger partial charge in [-0.15, -0.1) is 0 Å². The molecule has 0 saturated heterocycles. The molecule has 1 atom stereocenters.